The molecule has 28 heavy (non-hydrogen) atoms. The van der Waals surface area contributed by atoms with Gasteiger partial charge in [0.15, 0.2) is 11.3 Å². The predicted octanol–water partition coefficient (Wildman–Crippen LogP) is 1.79. The third-order valence-corrected chi connectivity index (χ3v) is 5.67. The van der Waals surface area contributed by atoms with Crippen LogP contribution in [0.3, 0.4) is 0 Å². The molecule has 0 N–H and O–H groups in total. The Labute approximate surface area is 163 Å². The van der Waals surface area contributed by atoms with E-state index >= 15 is 0 Å². The number of hydrogen-bond donors (Lipinski definition) is 0. The number of aryl methyl sites for hydroxylation is 2. The van der Waals surface area contributed by atoms with Gasteiger partial charge in [-0.25, -0.2) is 9.50 Å². The first-order valence-electron chi connectivity index (χ1n) is 9.98. The second kappa shape index (κ2) is 6.70. The SMILES string of the molecule is Cc1cc(C)n2nc(C(=O)N3CCn4nc(CN5CCCC5)cc4C3)cc2n1. The largest absolute Gasteiger partial charge is 0.330 e. The Balaban J connectivity index is 1.34. The van der Waals surface area contributed by atoms with Crippen LogP contribution in [0.5, 0.6) is 0 Å². The highest BCUT2D eigenvalue weighted by Gasteiger charge is 2.26. The van der Waals surface area contributed by atoms with Crippen molar-refractivity contribution in [3.63, 3.8) is 0 Å². The molecule has 8 heteroatoms. The zero-order valence-corrected chi connectivity index (χ0v) is 16.4. The van der Waals surface area contributed by atoms with Gasteiger partial charge in [0, 0.05) is 30.5 Å². The zero-order chi connectivity index (χ0) is 19.3. The third-order valence-electron chi connectivity index (χ3n) is 5.67. The van der Waals surface area contributed by atoms with Crippen molar-refractivity contribution < 1.29 is 4.79 Å². The topological polar surface area (TPSA) is 71.6 Å². The van der Waals surface area contributed by atoms with Crippen LogP contribution in [0.1, 0.15) is 46.1 Å². The molecule has 0 saturated carbocycles. The van der Waals surface area contributed by atoms with E-state index in [2.05, 4.69) is 21.0 Å². The van der Waals surface area contributed by atoms with Crippen LogP contribution in [0.15, 0.2) is 18.2 Å². The van der Waals surface area contributed by atoms with Crippen molar-refractivity contribution in [3.8, 4) is 0 Å². The molecule has 8 nitrogen and oxygen atoms in total. The Bertz CT molecular complexity index is 1040. The second-order valence-electron chi connectivity index (χ2n) is 7.90. The van der Waals surface area contributed by atoms with Crippen LogP contribution in [-0.4, -0.2) is 59.7 Å². The van der Waals surface area contributed by atoms with Crippen molar-refractivity contribution in [2.45, 2.75) is 46.3 Å². The molecule has 0 atom stereocenters. The highest BCUT2D eigenvalue weighted by molar-refractivity contribution is 5.93. The number of aromatic nitrogens is 5. The molecule has 0 radical (unpaired) electrons. The van der Waals surface area contributed by atoms with Gasteiger partial charge in [0.05, 0.1) is 24.5 Å². The predicted molar refractivity (Wildman–Crippen MR) is 104 cm³/mol. The summed E-state index contributed by atoms with van der Waals surface area (Å²) in [5.74, 6) is -0.0453. The van der Waals surface area contributed by atoms with Crippen molar-refractivity contribution in [3.05, 3.63) is 46.7 Å². The van der Waals surface area contributed by atoms with Crippen LogP contribution in [0.25, 0.3) is 5.65 Å². The fourth-order valence-corrected chi connectivity index (χ4v) is 4.30. The van der Waals surface area contributed by atoms with Gasteiger partial charge in [-0.1, -0.05) is 0 Å². The highest BCUT2D eigenvalue weighted by Crippen LogP contribution is 2.19. The van der Waals surface area contributed by atoms with E-state index in [1.165, 1.54) is 12.8 Å². The summed E-state index contributed by atoms with van der Waals surface area (Å²) in [4.78, 5) is 21.8. The number of nitrogens with zero attached hydrogens (tertiary/aromatic N) is 7. The molecule has 3 aromatic heterocycles. The Morgan fingerprint density at radius 3 is 2.68 bits per heavy atom. The molecule has 5 rings (SSSR count). The molecule has 0 aromatic carbocycles. The summed E-state index contributed by atoms with van der Waals surface area (Å²) >= 11 is 0. The van der Waals surface area contributed by atoms with Gasteiger partial charge < -0.3 is 4.90 Å². The van der Waals surface area contributed by atoms with E-state index in [-0.39, 0.29) is 5.91 Å². The van der Waals surface area contributed by atoms with Crippen molar-refractivity contribution in [1.29, 1.82) is 0 Å². The van der Waals surface area contributed by atoms with Gasteiger partial charge in [-0.15, -0.1) is 0 Å². The quantitative estimate of drug-likeness (QED) is 0.694. The molecule has 1 saturated heterocycles. The van der Waals surface area contributed by atoms with E-state index in [0.29, 0.717) is 18.8 Å². The van der Waals surface area contributed by atoms with E-state index < -0.39 is 0 Å². The van der Waals surface area contributed by atoms with E-state index in [1.807, 2.05) is 29.5 Å². The van der Waals surface area contributed by atoms with E-state index in [0.717, 1.165) is 54.6 Å². The fraction of sp³-hybridized carbons (Fsp3) is 0.500. The minimum atomic E-state index is -0.0453. The maximum Gasteiger partial charge on any atom is 0.274 e. The number of hydrogen-bond acceptors (Lipinski definition) is 5. The van der Waals surface area contributed by atoms with Gasteiger partial charge in [0.1, 0.15) is 0 Å². The van der Waals surface area contributed by atoms with Crippen LogP contribution >= 0.6 is 0 Å². The van der Waals surface area contributed by atoms with E-state index in [1.54, 1.807) is 10.6 Å². The summed E-state index contributed by atoms with van der Waals surface area (Å²) in [7, 11) is 0. The van der Waals surface area contributed by atoms with Gasteiger partial charge >= 0.3 is 0 Å². The average Bonchev–Trinajstić information content (AvgIpc) is 3.39. The number of rotatable bonds is 3. The summed E-state index contributed by atoms with van der Waals surface area (Å²) in [5, 5.41) is 9.24. The smallest absolute Gasteiger partial charge is 0.274 e. The summed E-state index contributed by atoms with van der Waals surface area (Å²) in [6, 6.07) is 5.90. The van der Waals surface area contributed by atoms with Gasteiger partial charge in [-0.3, -0.25) is 14.4 Å². The monoisotopic (exact) mass is 379 g/mol. The zero-order valence-electron chi connectivity index (χ0n) is 16.4. The first kappa shape index (κ1) is 17.4. The van der Waals surface area contributed by atoms with Crippen LogP contribution < -0.4 is 0 Å². The summed E-state index contributed by atoms with van der Waals surface area (Å²) in [6.07, 6.45) is 2.56. The van der Waals surface area contributed by atoms with Gasteiger partial charge in [0.2, 0.25) is 0 Å². The van der Waals surface area contributed by atoms with Crippen LogP contribution in [-0.2, 0) is 19.6 Å². The normalized spacial score (nSPS) is 17.4. The molecular formula is C20H25N7O. The minimum absolute atomic E-state index is 0.0453. The lowest BCUT2D eigenvalue weighted by Crippen LogP contribution is -2.38. The molecule has 5 heterocycles. The number of likely N-dealkylation sites (tertiary alicyclic amines) is 1. The highest BCUT2D eigenvalue weighted by atomic mass is 16.2. The molecule has 1 amide bonds. The second-order valence-corrected chi connectivity index (χ2v) is 7.90. The molecule has 146 valence electrons. The lowest BCUT2D eigenvalue weighted by atomic mass is 10.2. The number of amides is 1. The first-order chi connectivity index (χ1) is 13.6. The number of fused-ring (bicyclic) bond motifs is 2. The molecule has 3 aromatic rings. The average molecular weight is 379 g/mol. The van der Waals surface area contributed by atoms with Crippen LogP contribution in [0.4, 0.5) is 0 Å². The lowest BCUT2D eigenvalue weighted by Gasteiger charge is -2.26. The molecular weight excluding hydrogens is 354 g/mol. The lowest BCUT2D eigenvalue weighted by molar-refractivity contribution is 0.0699. The molecule has 0 spiro atoms. The van der Waals surface area contributed by atoms with Gasteiger partial charge in [-0.05, 0) is 51.9 Å². The maximum absolute atomic E-state index is 13.0. The van der Waals surface area contributed by atoms with Gasteiger partial charge in [0.25, 0.3) is 5.91 Å². The Kier molecular flexibility index (Phi) is 4.16. The molecule has 2 aliphatic rings. The number of carbonyl (C=O) groups is 1. The molecule has 0 aliphatic carbocycles. The van der Waals surface area contributed by atoms with Crippen LogP contribution in [0.2, 0.25) is 0 Å². The minimum Gasteiger partial charge on any atom is -0.330 e. The van der Waals surface area contributed by atoms with E-state index in [9.17, 15) is 4.79 Å². The van der Waals surface area contributed by atoms with E-state index in [4.69, 9.17) is 5.10 Å². The van der Waals surface area contributed by atoms with Crippen molar-refractivity contribution in [1.82, 2.24) is 34.2 Å². The van der Waals surface area contributed by atoms with Gasteiger partial charge in [-0.2, -0.15) is 10.2 Å². The van der Waals surface area contributed by atoms with Crippen molar-refractivity contribution >= 4 is 11.6 Å². The standard InChI is InChI=1S/C20H25N7O/c1-14-9-15(2)27-19(21-14)11-18(23-27)20(28)25-7-8-26-17(13-25)10-16(22-26)12-24-5-3-4-6-24/h9-11H,3-8,12-13H2,1-2H3. The third kappa shape index (κ3) is 3.07. The summed E-state index contributed by atoms with van der Waals surface area (Å²) < 4.78 is 3.79. The summed E-state index contributed by atoms with van der Waals surface area (Å²) in [6.45, 7) is 9.11. The molecule has 0 unspecified atom stereocenters. The Morgan fingerprint density at radius 2 is 1.86 bits per heavy atom. The summed E-state index contributed by atoms with van der Waals surface area (Å²) in [5.41, 5.74) is 5.28. The Morgan fingerprint density at radius 1 is 1.04 bits per heavy atom. The maximum atomic E-state index is 13.0. The van der Waals surface area contributed by atoms with Crippen LogP contribution in [0, 0.1) is 13.8 Å². The molecule has 0 bridgehead atoms. The fourth-order valence-electron chi connectivity index (χ4n) is 4.30. The molecule has 2 aliphatic heterocycles. The first-order valence-corrected chi connectivity index (χ1v) is 9.98. The molecule has 1 fully saturated rings. The van der Waals surface area contributed by atoms with Crippen molar-refractivity contribution in [2.75, 3.05) is 19.6 Å². The van der Waals surface area contributed by atoms with Crippen molar-refractivity contribution in [2.24, 2.45) is 0 Å². The Hall–Kier alpha value is -2.74. The number of carbonyl (C=O) groups excluding carboxylic acids is 1.